The van der Waals surface area contributed by atoms with Crippen molar-refractivity contribution in [2.24, 2.45) is 0 Å². The molecular weight excluding hydrogens is 204 g/mol. The van der Waals surface area contributed by atoms with Crippen molar-refractivity contribution in [1.29, 1.82) is 0 Å². The summed E-state index contributed by atoms with van der Waals surface area (Å²) in [5, 5.41) is 8.77. The van der Waals surface area contributed by atoms with E-state index in [4.69, 9.17) is 5.11 Å². The van der Waals surface area contributed by atoms with E-state index in [1.165, 1.54) is 0 Å². The topological polar surface area (TPSA) is 53.4 Å². The van der Waals surface area contributed by atoms with E-state index >= 15 is 0 Å². The molecule has 0 aliphatic heterocycles. The first-order chi connectivity index (χ1) is 7.54. The molecule has 16 heavy (non-hydrogen) atoms. The molecule has 1 rings (SSSR count). The molecule has 0 amide bonds. The van der Waals surface area contributed by atoms with E-state index in [-0.39, 0.29) is 12.5 Å². The van der Waals surface area contributed by atoms with Crippen molar-refractivity contribution in [3.8, 4) is 0 Å². The predicted molar refractivity (Wildman–Crippen MR) is 63.7 cm³/mol. The molecule has 0 saturated heterocycles. The van der Waals surface area contributed by atoms with Crippen LogP contribution in [0.1, 0.15) is 25.8 Å². The Hall–Kier alpha value is -1.58. The van der Waals surface area contributed by atoms with Crippen LogP contribution in [0.25, 0.3) is 0 Å². The Kier molecular flexibility index (Phi) is 4.28. The fourth-order valence-corrected chi connectivity index (χ4v) is 1.69. The first-order valence-corrected chi connectivity index (χ1v) is 5.45. The van der Waals surface area contributed by atoms with E-state index in [9.17, 15) is 4.79 Å². The van der Waals surface area contributed by atoms with Gasteiger partial charge in [-0.1, -0.05) is 6.07 Å². The average molecular weight is 222 g/mol. The van der Waals surface area contributed by atoms with Gasteiger partial charge in [-0.3, -0.25) is 4.79 Å². The molecule has 1 unspecified atom stereocenters. The monoisotopic (exact) mass is 222 g/mol. The van der Waals surface area contributed by atoms with Crippen LogP contribution in [0.2, 0.25) is 0 Å². The van der Waals surface area contributed by atoms with E-state index in [1.54, 1.807) is 6.20 Å². The van der Waals surface area contributed by atoms with Gasteiger partial charge in [-0.05, 0) is 32.4 Å². The Morgan fingerprint density at radius 3 is 2.69 bits per heavy atom. The van der Waals surface area contributed by atoms with Crippen LogP contribution >= 0.6 is 0 Å². The number of rotatable bonds is 5. The number of pyridine rings is 1. The molecule has 0 radical (unpaired) electrons. The number of nitrogens with zero attached hydrogens (tertiary/aromatic N) is 2. The summed E-state index contributed by atoms with van der Waals surface area (Å²) in [7, 11) is 0. The second-order valence-electron chi connectivity index (χ2n) is 3.93. The van der Waals surface area contributed by atoms with Gasteiger partial charge in [0.1, 0.15) is 5.82 Å². The van der Waals surface area contributed by atoms with E-state index < -0.39 is 5.97 Å². The van der Waals surface area contributed by atoms with Crippen LogP contribution in [-0.2, 0) is 4.79 Å². The summed E-state index contributed by atoms with van der Waals surface area (Å²) < 4.78 is 0. The number of aromatic nitrogens is 1. The number of carbonyl (C=O) groups is 1. The van der Waals surface area contributed by atoms with Gasteiger partial charge in [0.05, 0.1) is 6.42 Å². The highest BCUT2D eigenvalue weighted by Gasteiger charge is 2.16. The minimum atomic E-state index is -0.780. The van der Waals surface area contributed by atoms with Crippen LogP contribution in [0.15, 0.2) is 18.3 Å². The van der Waals surface area contributed by atoms with Crippen LogP contribution in [0.4, 0.5) is 5.82 Å². The lowest BCUT2D eigenvalue weighted by atomic mass is 10.2. The van der Waals surface area contributed by atoms with Gasteiger partial charge in [0.2, 0.25) is 0 Å². The molecule has 0 aromatic carbocycles. The molecule has 0 aliphatic carbocycles. The molecule has 4 nitrogen and oxygen atoms in total. The number of hydrogen-bond acceptors (Lipinski definition) is 3. The highest BCUT2D eigenvalue weighted by Crippen LogP contribution is 2.15. The van der Waals surface area contributed by atoms with Gasteiger partial charge in [0, 0.05) is 18.8 Å². The zero-order valence-electron chi connectivity index (χ0n) is 9.97. The van der Waals surface area contributed by atoms with Gasteiger partial charge in [-0.25, -0.2) is 4.98 Å². The van der Waals surface area contributed by atoms with Crippen LogP contribution in [0.3, 0.4) is 0 Å². The Bertz CT molecular complexity index is 349. The third-order valence-corrected chi connectivity index (χ3v) is 2.53. The first kappa shape index (κ1) is 12.5. The Morgan fingerprint density at radius 1 is 1.56 bits per heavy atom. The molecule has 1 atom stereocenters. The summed E-state index contributed by atoms with van der Waals surface area (Å²) in [6.45, 7) is 6.64. The van der Waals surface area contributed by atoms with Gasteiger partial charge < -0.3 is 10.0 Å². The first-order valence-electron chi connectivity index (χ1n) is 5.45. The summed E-state index contributed by atoms with van der Waals surface area (Å²) in [5.74, 6) is 0.0555. The molecule has 0 saturated carbocycles. The largest absolute Gasteiger partial charge is 0.481 e. The van der Waals surface area contributed by atoms with E-state index in [0.717, 1.165) is 17.9 Å². The zero-order chi connectivity index (χ0) is 12.1. The van der Waals surface area contributed by atoms with E-state index in [0.29, 0.717) is 0 Å². The minimum Gasteiger partial charge on any atom is -0.481 e. The lowest BCUT2D eigenvalue weighted by molar-refractivity contribution is -0.137. The van der Waals surface area contributed by atoms with Crippen molar-refractivity contribution in [2.45, 2.75) is 33.2 Å². The Morgan fingerprint density at radius 2 is 2.25 bits per heavy atom. The normalized spacial score (nSPS) is 12.2. The molecular formula is C12H18N2O2. The summed E-state index contributed by atoms with van der Waals surface area (Å²) in [4.78, 5) is 17.0. The van der Waals surface area contributed by atoms with E-state index in [2.05, 4.69) is 4.98 Å². The fourth-order valence-electron chi connectivity index (χ4n) is 1.69. The molecule has 4 heteroatoms. The molecule has 1 N–H and O–H groups in total. The highest BCUT2D eigenvalue weighted by molar-refractivity contribution is 5.68. The van der Waals surface area contributed by atoms with Gasteiger partial charge in [0.25, 0.3) is 0 Å². The van der Waals surface area contributed by atoms with Gasteiger partial charge in [0.15, 0.2) is 0 Å². The molecule has 0 bridgehead atoms. The average Bonchev–Trinajstić information content (AvgIpc) is 2.21. The molecule has 1 aromatic heterocycles. The second kappa shape index (κ2) is 5.49. The lowest BCUT2D eigenvalue weighted by Crippen LogP contribution is -2.35. The highest BCUT2D eigenvalue weighted by atomic mass is 16.4. The molecule has 88 valence electrons. The smallest absolute Gasteiger partial charge is 0.305 e. The van der Waals surface area contributed by atoms with E-state index in [1.807, 2.05) is 37.8 Å². The quantitative estimate of drug-likeness (QED) is 0.828. The number of anilines is 1. The maximum Gasteiger partial charge on any atom is 0.305 e. The van der Waals surface area contributed by atoms with Crippen LogP contribution in [0, 0.1) is 6.92 Å². The molecule has 0 fully saturated rings. The number of carboxylic acid groups (broad SMARTS) is 1. The minimum absolute atomic E-state index is 0.0438. The van der Waals surface area contributed by atoms with Crippen molar-refractivity contribution in [1.82, 2.24) is 4.98 Å². The van der Waals surface area contributed by atoms with Crippen LogP contribution < -0.4 is 4.90 Å². The molecule has 0 spiro atoms. The van der Waals surface area contributed by atoms with Gasteiger partial charge >= 0.3 is 5.97 Å². The Balaban J connectivity index is 2.81. The van der Waals surface area contributed by atoms with Crippen LogP contribution in [0.5, 0.6) is 0 Å². The number of aryl methyl sites for hydroxylation is 1. The lowest BCUT2D eigenvalue weighted by Gasteiger charge is -2.28. The Labute approximate surface area is 95.9 Å². The van der Waals surface area contributed by atoms with Gasteiger partial charge in [-0.15, -0.1) is 0 Å². The fraction of sp³-hybridized carbons (Fsp3) is 0.500. The SMILES string of the molecule is CCN(c1ccc(C)cn1)C(C)CC(=O)O. The summed E-state index contributed by atoms with van der Waals surface area (Å²) in [6, 6.07) is 3.87. The van der Waals surface area contributed by atoms with Crippen LogP contribution in [-0.4, -0.2) is 28.6 Å². The summed E-state index contributed by atoms with van der Waals surface area (Å²) in [5.41, 5.74) is 1.10. The van der Waals surface area contributed by atoms with Crippen molar-refractivity contribution in [3.05, 3.63) is 23.9 Å². The molecule has 1 heterocycles. The molecule has 0 aliphatic rings. The number of hydrogen-bond donors (Lipinski definition) is 1. The summed E-state index contributed by atoms with van der Waals surface area (Å²) >= 11 is 0. The van der Waals surface area contributed by atoms with Gasteiger partial charge in [-0.2, -0.15) is 0 Å². The van der Waals surface area contributed by atoms with Crippen molar-refractivity contribution in [3.63, 3.8) is 0 Å². The standard InChI is InChI=1S/C12H18N2O2/c1-4-14(10(3)7-12(15)16)11-6-5-9(2)8-13-11/h5-6,8,10H,4,7H2,1-3H3,(H,15,16). The third kappa shape index (κ3) is 3.22. The van der Waals surface area contributed by atoms with Crippen molar-refractivity contribution in [2.75, 3.05) is 11.4 Å². The second-order valence-corrected chi connectivity index (χ2v) is 3.93. The molecule has 1 aromatic rings. The van der Waals surface area contributed by atoms with Crippen molar-refractivity contribution < 1.29 is 9.90 Å². The zero-order valence-corrected chi connectivity index (χ0v) is 9.97. The number of carboxylic acids is 1. The third-order valence-electron chi connectivity index (χ3n) is 2.53. The van der Waals surface area contributed by atoms with Crippen molar-refractivity contribution >= 4 is 11.8 Å². The predicted octanol–water partition coefficient (Wildman–Crippen LogP) is 2.08. The summed E-state index contributed by atoms with van der Waals surface area (Å²) in [6.07, 6.45) is 1.93. The maximum atomic E-state index is 10.7. The maximum absolute atomic E-state index is 10.7. The number of aliphatic carboxylic acids is 1.